The van der Waals surface area contributed by atoms with E-state index in [0.717, 1.165) is 12.8 Å². The number of carbonyl (C=O) groups is 1. The summed E-state index contributed by atoms with van der Waals surface area (Å²) in [6, 6.07) is 4.04. The second-order valence-electron chi connectivity index (χ2n) is 5.47. The molecule has 0 radical (unpaired) electrons. The molecule has 0 saturated heterocycles. The minimum atomic E-state index is -0.429. The van der Waals surface area contributed by atoms with Crippen LogP contribution in [-0.2, 0) is 0 Å². The summed E-state index contributed by atoms with van der Waals surface area (Å²) in [7, 11) is 0. The van der Waals surface area contributed by atoms with Crippen LogP contribution in [0.15, 0.2) is 18.2 Å². The van der Waals surface area contributed by atoms with Gasteiger partial charge in [-0.1, -0.05) is 38.3 Å². The predicted molar refractivity (Wildman–Crippen MR) is 74.8 cm³/mol. The summed E-state index contributed by atoms with van der Waals surface area (Å²) >= 11 is 5.91. The normalized spacial score (nSPS) is 27.1. The molecule has 3 unspecified atom stereocenters. The molecule has 0 heterocycles. The van der Waals surface area contributed by atoms with Crippen molar-refractivity contribution in [3.8, 4) is 0 Å². The molecule has 1 amide bonds. The van der Waals surface area contributed by atoms with Crippen molar-refractivity contribution < 1.29 is 9.18 Å². The maximum atomic E-state index is 13.0. The fourth-order valence-electron chi connectivity index (χ4n) is 2.71. The summed E-state index contributed by atoms with van der Waals surface area (Å²) in [5.74, 6) is 0.428. The smallest absolute Gasteiger partial charge is 0.253 e. The van der Waals surface area contributed by atoms with Crippen LogP contribution >= 0.6 is 11.6 Å². The van der Waals surface area contributed by atoms with E-state index in [1.165, 1.54) is 24.6 Å². The van der Waals surface area contributed by atoms with Gasteiger partial charge in [-0.15, -0.1) is 0 Å². The van der Waals surface area contributed by atoms with Crippen molar-refractivity contribution >= 4 is 17.5 Å². The number of hydrogen-bond donors (Lipinski definition) is 1. The molecule has 19 heavy (non-hydrogen) atoms. The molecule has 1 aromatic rings. The zero-order valence-electron chi connectivity index (χ0n) is 11.2. The Morgan fingerprint density at radius 2 is 2.11 bits per heavy atom. The van der Waals surface area contributed by atoms with E-state index in [-0.39, 0.29) is 17.0 Å². The van der Waals surface area contributed by atoms with Crippen LogP contribution in [0.4, 0.5) is 4.39 Å². The first-order chi connectivity index (χ1) is 8.99. The number of halogens is 2. The Morgan fingerprint density at radius 3 is 2.79 bits per heavy atom. The van der Waals surface area contributed by atoms with Crippen LogP contribution in [0.5, 0.6) is 0 Å². The largest absolute Gasteiger partial charge is 0.349 e. The summed E-state index contributed by atoms with van der Waals surface area (Å²) in [6.07, 6.45) is 3.34. The van der Waals surface area contributed by atoms with Crippen molar-refractivity contribution in [3.63, 3.8) is 0 Å². The second kappa shape index (κ2) is 5.91. The van der Waals surface area contributed by atoms with Crippen LogP contribution in [0.1, 0.15) is 43.5 Å². The molecule has 104 valence electrons. The summed E-state index contributed by atoms with van der Waals surface area (Å²) in [6.45, 7) is 4.38. The fraction of sp³-hybridized carbons (Fsp3) is 0.533. The van der Waals surface area contributed by atoms with Crippen LogP contribution in [0.2, 0.25) is 5.02 Å². The van der Waals surface area contributed by atoms with E-state index in [1.807, 2.05) is 0 Å². The van der Waals surface area contributed by atoms with E-state index in [4.69, 9.17) is 11.6 Å². The van der Waals surface area contributed by atoms with Crippen LogP contribution in [0, 0.1) is 17.7 Å². The molecular weight excluding hydrogens is 265 g/mol. The van der Waals surface area contributed by atoms with Gasteiger partial charge in [-0.3, -0.25) is 4.79 Å². The lowest BCUT2D eigenvalue weighted by Gasteiger charge is -2.34. The van der Waals surface area contributed by atoms with E-state index < -0.39 is 5.82 Å². The highest BCUT2D eigenvalue weighted by molar-refractivity contribution is 6.33. The van der Waals surface area contributed by atoms with Gasteiger partial charge in [0.05, 0.1) is 10.6 Å². The molecule has 0 aromatic heterocycles. The summed E-state index contributed by atoms with van der Waals surface area (Å²) < 4.78 is 13.0. The highest BCUT2D eigenvalue weighted by Crippen LogP contribution is 2.30. The summed E-state index contributed by atoms with van der Waals surface area (Å²) in [5, 5.41) is 3.19. The SMILES string of the molecule is CC1CCCC(NC(=O)c2ccc(F)cc2Cl)C1C. The molecule has 1 fully saturated rings. The maximum absolute atomic E-state index is 13.0. The number of amides is 1. The molecular formula is C15H19ClFNO. The zero-order chi connectivity index (χ0) is 14.0. The van der Waals surface area contributed by atoms with Gasteiger partial charge < -0.3 is 5.32 Å². The van der Waals surface area contributed by atoms with Gasteiger partial charge in [-0.2, -0.15) is 0 Å². The van der Waals surface area contributed by atoms with Gasteiger partial charge in [0, 0.05) is 6.04 Å². The van der Waals surface area contributed by atoms with Crippen molar-refractivity contribution in [3.05, 3.63) is 34.6 Å². The monoisotopic (exact) mass is 283 g/mol. The Bertz CT molecular complexity index is 477. The van der Waals surface area contributed by atoms with Crippen LogP contribution in [0.25, 0.3) is 0 Å². The Hall–Kier alpha value is -1.09. The Labute approximate surface area is 118 Å². The van der Waals surface area contributed by atoms with Crippen molar-refractivity contribution in [1.29, 1.82) is 0 Å². The Balaban J connectivity index is 2.08. The highest BCUT2D eigenvalue weighted by Gasteiger charge is 2.28. The average molecular weight is 284 g/mol. The molecule has 0 bridgehead atoms. The molecule has 1 aromatic carbocycles. The number of hydrogen-bond acceptors (Lipinski definition) is 1. The van der Waals surface area contributed by atoms with E-state index >= 15 is 0 Å². The number of carbonyl (C=O) groups excluding carboxylic acids is 1. The van der Waals surface area contributed by atoms with Crippen LogP contribution in [0.3, 0.4) is 0 Å². The molecule has 0 spiro atoms. The third-order valence-corrected chi connectivity index (χ3v) is 4.51. The first kappa shape index (κ1) is 14.3. The molecule has 2 nitrogen and oxygen atoms in total. The van der Waals surface area contributed by atoms with Crippen molar-refractivity contribution in [2.24, 2.45) is 11.8 Å². The third-order valence-electron chi connectivity index (χ3n) is 4.20. The van der Waals surface area contributed by atoms with Gasteiger partial charge in [-0.05, 0) is 36.5 Å². The number of rotatable bonds is 2. The van der Waals surface area contributed by atoms with Crippen LogP contribution < -0.4 is 5.32 Å². The number of benzene rings is 1. The Kier molecular flexibility index (Phi) is 4.46. The first-order valence-electron chi connectivity index (χ1n) is 6.75. The third kappa shape index (κ3) is 3.27. The van der Waals surface area contributed by atoms with E-state index in [2.05, 4.69) is 19.2 Å². The standard InChI is InChI=1S/C15H19ClFNO/c1-9-4-3-5-14(10(9)2)18-15(19)12-7-6-11(17)8-13(12)16/h6-10,14H,3-5H2,1-2H3,(H,18,19). The first-order valence-corrected chi connectivity index (χ1v) is 7.12. The minimum absolute atomic E-state index is 0.161. The minimum Gasteiger partial charge on any atom is -0.349 e. The quantitative estimate of drug-likeness (QED) is 0.872. The van der Waals surface area contributed by atoms with Crippen molar-refractivity contribution in [2.75, 3.05) is 0 Å². The van der Waals surface area contributed by atoms with E-state index in [9.17, 15) is 9.18 Å². The molecule has 1 N–H and O–H groups in total. The van der Waals surface area contributed by atoms with Crippen molar-refractivity contribution in [1.82, 2.24) is 5.32 Å². The van der Waals surface area contributed by atoms with Gasteiger partial charge in [0.1, 0.15) is 5.82 Å². The maximum Gasteiger partial charge on any atom is 0.253 e. The predicted octanol–water partition coefficient (Wildman–Crippen LogP) is 4.03. The molecule has 1 aliphatic carbocycles. The van der Waals surface area contributed by atoms with Crippen molar-refractivity contribution in [2.45, 2.75) is 39.2 Å². The van der Waals surface area contributed by atoms with E-state index in [0.29, 0.717) is 17.4 Å². The zero-order valence-corrected chi connectivity index (χ0v) is 12.0. The Morgan fingerprint density at radius 1 is 1.37 bits per heavy atom. The molecule has 4 heteroatoms. The lowest BCUT2D eigenvalue weighted by atomic mass is 9.78. The summed E-state index contributed by atoms with van der Waals surface area (Å²) in [5.41, 5.74) is 0.341. The van der Waals surface area contributed by atoms with Gasteiger partial charge in [0.15, 0.2) is 0 Å². The summed E-state index contributed by atoms with van der Waals surface area (Å²) in [4.78, 5) is 12.2. The lowest BCUT2D eigenvalue weighted by molar-refractivity contribution is 0.0891. The number of nitrogens with one attached hydrogen (secondary N) is 1. The molecule has 2 rings (SSSR count). The molecule has 1 saturated carbocycles. The second-order valence-corrected chi connectivity index (χ2v) is 5.88. The topological polar surface area (TPSA) is 29.1 Å². The fourth-order valence-corrected chi connectivity index (χ4v) is 2.96. The molecule has 3 atom stereocenters. The van der Waals surface area contributed by atoms with Crippen LogP contribution in [-0.4, -0.2) is 11.9 Å². The van der Waals surface area contributed by atoms with Gasteiger partial charge in [0.25, 0.3) is 5.91 Å². The van der Waals surface area contributed by atoms with Gasteiger partial charge >= 0.3 is 0 Å². The van der Waals surface area contributed by atoms with Gasteiger partial charge in [-0.25, -0.2) is 4.39 Å². The highest BCUT2D eigenvalue weighted by atomic mass is 35.5. The molecule has 1 aliphatic rings. The van der Waals surface area contributed by atoms with Gasteiger partial charge in [0.2, 0.25) is 0 Å². The average Bonchev–Trinajstić information content (AvgIpc) is 2.34. The lowest BCUT2D eigenvalue weighted by Crippen LogP contribution is -2.43. The molecule has 0 aliphatic heterocycles. The van der Waals surface area contributed by atoms with E-state index in [1.54, 1.807) is 0 Å².